The summed E-state index contributed by atoms with van der Waals surface area (Å²) in [5, 5.41) is 4.95. The van der Waals surface area contributed by atoms with Gasteiger partial charge in [-0.05, 0) is 124 Å². The van der Waals surface area contributed by atoms with Crippen molar-refractivity contribution in [3.63, 3.8) is 0 Å². The molecule has 69 heavy (non-hydrogen) atoms. The molecule has 324 valence electrons. The van der Waals surface area contributed by atoms with Crippen molar-refractivity contribution in [2.45, 2.75) is 0 Å². The third kappa shape index (κ3) is 7.08. The highest BCUT2D eigenvalue weighted by molar-refractivity contribution is 6.14. The van der Waals surface area contributed by atoms with E-state index in [1.165, 1.54) is 71.4 Å². The van der Waals surface area contributed by atoms with Crippen molar-refractivity contribution in [3.8, 4) is 55.9 Å². The molecule has 0 atom stereocenters. The summed E-state index contributed by atoms with van der Waals surface area (Å²) in [4.78, 5) is 2.37. The Morgan fingerprint density at radius 3 is 1.28 bits per heavy atom. The second-order valence-corrected chi connectivity index (χ2v) is 17.7. The average molecular weight is 880 g/mol. The third-order valence-electron chi connectivity index (χ3n) is 13.7. The Morgan fingerprint density at radius 2 is 0.667 bits per heavy atom. The predicted molar refractivity (Wildman–Crippen MR) is 292 cm³/mol. The molecule has 2 heterocycles. The first-order valence-electron chi connectivity index (χ1n) is 23.7. The Bertz CT molecular complexity index is 3930. The van der Waals surface area contributed by atoms with E-state index in [1.807, 2.05) is 0 Å². The minimum atomic E-state index is 1.08. The molecular weight excluding hydrogens is 835 g/mol. The highest BCUT2D eigenvalue weighted by Gasteiger charge is 2.20. The molecule has 0 fully saturated rings. The zero-order chi connectivity index (χ0) is 45.7. The summed E-state index contributed by atoms with van der Waals surface area (Å²) in [6.45, 7) is 0. The number of fused-ring (bicyclic) bond motifs is 6. The minimum absolute atomic E-state index is 1.08. The molecule has 0 N–H and O–H groups in total. The van der Waals surface area contributed by atoms with E-state index in [0.717, 1.165) is 45.1 Å². The van der Waals surface area contributed by atoms with Crippen LogP contribution >= 0.6 is 0 Å². The maximum atomic E-state index is 2.44. The molecule has 0 saturated carbocycles. The number of hydrogen-bond donors (Lipinski definition) is 0. The van der Waals surface area contributed by atoms with Gasteiger partial charge in [-0.1, -0.05) is 188 Å². The van der Waals surface area contributed by atoms with Crippen LogP contribution in [0.25, 0.3) is 99.5 Å². The van der Waals surface area contributed by atoms with Crippen molar-refractivity contribution in [2.75, 3.05) is 4.90 Å². The first-order chi connectivity index (χ1) is 34.2. The van der Waals surface area contributed by atoms with Gasteiger partial charge in [0, 0.05) is 55.5 Å². The van der Waals surface area contributed by atoms with Crippen LogP contribution in [-0.4, -0.2) is 9.13 Å². The lowest BCUT2D eigenvalue weighted by molar-refractivity contribution is 1.17. The van der Waals surface area contributed by atoms with Crippen LogP contribution in [0.5, 0.6) is 0 Å². The highest BCUT2D eigenvalue weighted by atomic mass is 15.1. The lowest BCUT2D eigenvalue weighted by Crippen LogP contribution is -2.10. The van der Waals surface area contributed by atoms with Gasteiger partial charge in [-0.2, -0.15) is 0 Å². The van der Waals surface area contributed by atoms with Gasteiger partial charge in [0.15, 0.2) is 0 Å². The van der Waals surface area contributed by atoms with Gasteiger partial charge in [-0.15, -0.1) is 0 Å². The Kier molecular flexibility index (Phi) is 9.84. The van der Waals surface area contributed by atoms with Crippen molar-refractivity contribution in [1.82, 2.24) is 9.13 Å². The van der Waals surface area contributed by atoms with E-state index in [0.29, 0.717) is 0 Å². The van der Waals surface area contributed by atoms with Gasteiger partial charge >= 0.3 is 0 Å². The topological polar surface area (TPSA) is 13.1 Å². The van der Waals surface area contributed by atoms with Crippen LogP contribution < -0.4 is 4.90 Å². The maximum Gasteiger partial charge on any atom is 0.0619 e. The number of hydrogen-bond acceptors (Lipinski definition) is 1. The Balaban J connectivity index is 1.00. The SMILES string of the molecule is c1ccc(-c2ccc(N(c3ccc(-c4cc(-c5cccc6c7ccccc7n(-c7ccccc7)c56)cc(-n5c6ccccc6c6ccccc65)c4)cc3)c3cccc(-c4ccccc4)c3)cc2)cc1. The normalized spacial score (nSPS) is 11.5. The molecule has 2 aromatic heterocycles. The summed E-state index contributed by atoms with van der Waals surface area (Å²) in [6.07, 6.45) is 0. The summed E-state index contributed by atoms with van der Waals surface area (Å²) >= 11 is 0. The fourth-order valence-electron chi connectivity index (χ4n) is 10.5. The zero-order valence-corrected chi connectivity index (χ0v) is 37.8. The molecule has 0 aliphatic rings. The lowest BCUT2D eigenvalue weighted by Gasteiger charge is -2.26. The van der Waals surface area contributed by atoms with E-state index in [-0.39, 0.29) is 0 Å². The van der Waals surface area contributed by atoms with Crippen molar-refractivity contribution in [2.24, 2.45) is 0 Å². The quantitative estimate of drug-likeness (QED) is 0.141. The van der Waals surface area contributed by atoms with Crippen LogP contribution in [0.1, 0.15) is 0 Å². The molecule has 0 saturated heterocycles. The van der Waals surface area contributed by atoms with Crippen LogP contribution in [0, 0.1) is 0 Å². The summed E-state index contributed by atoms with van der Waals surface area (Å²) < 4.78 is 4.88. The van der Waals surface area contributed by atoms with E-state index in [4.69, 9.17) is 0 Å². The Morgan fingerprint density at radius 1 is 0.232 bits per heavy atom. The molecule has 13 rings (SSSR count). The molecule has 0 unspecified atom stereocenters. The van der Waals surface area contributed by atoms with Gasteiger partial charge in [-0.3, -0.25) is 0 Å². The second-order valence-electron chi connectivity index (χ2n) is 17.7. The largest absolute Gasteiger partial charge is 0.310 e. The lowest BCUT2D eigenvalue weighted by atomic mass is 9.96. The first kappa shape index (κ1) is 40.1. The standard InChI is InChI=1S/C66H45N3/c1-4-18-46(19-5-1)48-34-38-54(39-35-48)67(56-25-16-22-50(43-56)47-20-6-2-7-21-47)55-40-36-49(37-41-55)51-42-52(45-57(44-51)68-63-31-13-10-26-59(63)60-27-11-14-32-64(60)68)58-29-17-30-62-61-28-12-15-33-65(61)69(66(58)62)53-23-8-3-9-24-53/h1-45H. The van der Waals surface area contributed by atoms with Crippen molar-refractivity contribution in [1.29, 1.82) is 0 Å². The van der Waals surface area contributed by atoms with E-state index in [2.05, 4.69) is 287 Å². The zero-order valence-electron chi connectivity index (χ0n) is 37.8. The molecule has 11 aromatic carbocycles. The number of aromatic nitrogens is 2. The van der Waals surface area contributed by atoms with Crippen molar-refractivity contribution in [3.05, 3.63) is 273 Å². The minimum Gasteiger partial charge on any atom is -0.310 e. The highest BCUT2D eigenvalue weighted by Crippen LogP contribution is 2.43. The molecule has 0 amide bonds. The van der Waals surface area contributed by atoms with Crippen LogP contribution in [0.4, 0.5) is 17.1 Å². The smallest absolute Gasteiger partial charge is 0.0619 e. The molecule has 3 heteroatoms. The summed E-state index contributed by atoms with van der Waals surface area (Å²) in [5.41, 5.74) is 19.6. The molecule has 0 spiro atoms. The second kappa shape index (κ2) is 16.9. The maximum absolute atomic E-state index is 2.44. The van der Waals surface area contributed by atoms with Crippen LogP contribution in [0.15, 0.2) is 273 Å². The number of nitrogens with zero attached hydrogens (tertiary/aromatic N) is 3. The summed E-state index contributed by atoms with van der Waals surface area (Å²) in [7, 11) is 0. The number of anilines is 3. The Labute approximate surface area is 401 Å². The number of benzene rings is 11. The first-order valence-corrected chi connectivity index (χ1v) is 23.7. The molecule has 0 aliphatic carbocycles. The summed E-state index contributed by atoms with van der Waals surface area (Å²) in [6, 6.07) is 99.2. The van der Waals surface area contributed by atoms with Gasteiger partial charge in [0.25, 0.3) is 0 Å². The molecule has 13 aromatic rings. The average Bonchev–Trinajstić information content (AvgIpc) is 3.95. The predicted octanol–water partition coefficient (Wildman–Crippen LogP) is 18.0. The van der Waals surface area contributed by atoms with E-state index in [9.17, 15) is 0 Å². The van der Waals surface area contributed by atoms with Crippen molar-refractivity contribution >= 4 is 60.7 Å². The van der Waals surface area contributed by atoms with E-state index in [1.54, 1.807) is 0 Å². The molecular formula is C66H45N3. The number of rotatable bonds is 9. The van der Waals surface area contributed by atoms with Gasteiger partial charge in [0.2, 0.25) is 0 Å². The fraction of sp³-hybridized carbons (Fsp3) is 0. The van der Waals surface area contributed by atoms with Gasteiger partial charge in [-0.25, -0.2) is 0 Å². The molecule has 0 radical (unpaired) electrons. The fourth-order valence-corrected chi connectivity index (χ4v) is 10.5. The van der Waals surface area contributed by atoms with E-state index >= 15 is 0 Å². The molecule has 3 nitrogen and oxygen atoms in total. The van der Waals surface area contributed by atoms with Gasteiger partial charge in [0.1, 0.15) is 0 Å². The molecule has 0 aliphatic heterocycles. The van der Waals surface area contributed by atoms with Gasteiger partial charge < -0.3 is 14.0 Å². The van der Waals surface area contributed by atoms with Crippen LogP contribution in [0.3, 0.4) is 0 Å². The van der Waals surface area contributed by atoms with Crippen LogP contribution in [0.2, 0.25) is 0 Å². The Hall–Kier alpha value is -9.18. The van der Waals surface area contributed by atoms with Gasteiger partial charge in [0.05, 0.1) is 22.1 Å². The van der Waals surface area contributed by atoms with Crippen molar-refractivity contribution < 1.29 is 0 Å². The van der Waals surface area contributed by atoms with Crippen LogP contribution in [-0.2, 0) is 0 Å². The summed E-state index contributed by atoms with van der Waals surface area (Å²) in [5.74, 6) is 0. The van der Waals surface area contributed by atoms with E-state index < -0.39 is 0 Å². The number of para-hydroxylation sites is 5. The molecule has 0 bridgehead atoms. The monoisotopic (exact) mass is 879 g/mol. The third-order valence-corrected chi connectivity index (χ3v) is 13.7.